The Balaban J connectivity index is 2.10. The summed E-state index contributed by atoms with van der Waals surface area (Å²) in [7, 11) is 0. The molecule has 0 spiro atoms. The number of hydrogen-bond donors (Lipinski definition) is 1. The lowest BCUT2D eigenvalue weighted by Gasteiger charge is -2.03. The molecule has 0 saturated carbocycles. The molecule has 4 nitrogen and oxygen atoms in total. The van der Waals surface area contributed by atoms with Gasteiger partial charge in [0, 0.05) is 11.3 Å². The molecular weight excluding hydrogens is 230 g/mol. The lowest BCUT2D eigenvalue weighted by atomic mass is 10.1. The summed E-state index contributed by atoms with van der Waals surface area (Å²) in [6.45, 7) is 3.28. The van der Waals surface area contributed by atoms with Crippen LogP contribution in [0.1, 0.15) is 33.6 Å². The molecule has 0 unspecified atom stereocenters. The van der Waals surface area contributed by atoms with Crippen LogP contribution in [0.3, 0.4) is 0 Å². The van der Waals surface area contributed by atoms with Gasteiger partial charge in [0.1, 0.15) is 5.76 Å². The number of nitrogens with one attached hydrogen (secondary N) is 1. The maximum absolute atomic E-state index is 11.8. The van der Waals surface area contributed by atoms with Gasteiger partial charge in [-0.25, -0.2) is 0 Å². The number of hydrogen-bond acceptors (Lipinski definition) is 3. The fourth-order valence-electron chi connectivity index (χ4n) is 1.54. The Labute approximate surface area is 105 Å². The molecule has 1 amide bonds. The molecular formula is C14H13NO3. The second kappa shape index (κ2) is 4.87. The van der Waals surface area contributed by atoms with Gasteiger partial charge >= 0.3 is 0 Å². The zero-order chi connectivity index (χ0) is 13.1. The number of rotatable bonds is 3. The molecule has 0 radical (unpaired) electrons. The predicted octanol–water partition coefficient (Wildman–Crippen LogP) is 3.04. The van der Waals surface area contributed by atoms with Crippen molar-refractivity contribution in [3.8, 4) is 0 Å². The molecule has 92 valence electrons. The fourth-order valence-corrected chi connectivity index (χ4v) is 1.54. The summed E-state index contributed by atoms with van der Waals surface area (Å²) in [5.41, 5.74) is 1.24. The summed E-state index contributed by atoms with van der Waals surface area (Å²) in [4.78, 5) is 22.9. The van der Waals surface area contributed by atoms with E-state index in [1.165, 1.54) is 6.92 Å². The van der Waals surface area contributed by atoms with Gasteiger partial charge in [-0.3, -0.25) is 9.59 Å². The number of ketones is 1. The summed E-state index contributed by atoms with van der Waals surface area (Å²) in [5, 5.41) is 2.69. The quantitative estimate of drug-likeness (QED) is 0.843. The molecule has 4 heteroatoms. The van der Waals surface area contributed by atoms with E-state index in [9.17, 15) is 9.59 Å². The lowest BCUT2D eigenvalue weighted by Crippen LogP contribution is -2.10. The minimum Gasteiger partial charge on any atom is -0.456 e. The Hall–Kier alpha value is -2.36. The maximum Gasteiger partial charge on any atom is 0.291 e. The highest BCUT2D eigenvalue weighted by molar-refractivity contribution is 6.02. The van der Waals surface area contributed by atoms with E-state index in [2.05, 4.69) is 5.32 Å². The van der Waals surface area contributed by atoms with Gasteiger partial charge in [0.25, 0.3) is 5.91 Å². The highest BCUT2D eigenvalue weighted by Gasteiger charge is 2.10. The van der Waals surface area contributed by atoms with Gasteiger partial charge in [0.15, 0.2) is 11.5 Å². The third-order valence-electron chi connectivity index (χ3n) is 2.51. The van der Waals surface area contributed by atoms with Crippen molar-refractivity contribution < 1.29 is 14.0 Å². The normalized spacial score (nSPS) is 10.1. The van der Waals surface area contributed by atoms with Crippen LogP contribution in [0.15, 0.2) is 40.8 Å². The molecule has 2 rings (SSSR count). The number of amides is 1. The number of Topliss-reactive ketones (excluding diaryl/α,β-unsaturated/α-hetero) is 1. The highest BCUT2D eigenvalue weighted by Crippen LogP contribution is 2.13. The number of carbonyl (C=O) groups excluding carboxylic acids is 2. The van der Waals surface area contributed by atoms with Crippen LogP contribution in [0.4, 0.5) is 5.69 Å². The molecule has 0 aliphatic heterocycles. The summed E-state index contributed by atoms with van der Waals surface area (Å²) in [5.74, 6) is 0.642. The second-order valence-electron chi connectivity index (χ2n) is 4.00. The number of anilines is 1. The first kappa shape index (κ1) is 12.1. The van der Waals surface area contributed by atoms with Crippen LogP contribution < -0.4 is 5.32 Å². The first-order valence-electron chi connectivity index (χ1n) is 5.55. The first-order chi connectivity index (χ1) is 8.56. The van der Waals surface area contributed by atoms with Gasteiger partial charge < -0.3 is 9.73 Å². The Morgan fingerprint density at radius 3 is 2.22 bits per heavy atom. The topological polar surface area (TPSA) is 59.3 Å². The third kappa shape index (κ3) is 2.66. The van der Waals surface area contributed by atoms with Crippen molar-refractivity contribution in [3.05, 3.63) is 53.5 Å². The van der Waals surface area contributed by atoms with E-state index in [1.54, 1.807) is 43.3 Å². The van der Waals surface area contributed by atoms with Gasteiger partial charge in [-0.2, -0.15) is 0 Å². The van der Waals surface area contributed by atoms with Crippen molar-refractivity contribution in [3.63, 3.8) is 0 Å². The molecule has 0 bridgehead atoms. The minimum atomic E-state index is -0.307. The van der Waals surface area contributed by atoms with Crippen LogP contribution in [0.5, 0.6) is 0 Å². The summed E-state index contributed by atoms with van der Waals surface area (Å²) < 4.78 is 5.21. The summed E-state index contributed by atoms with van der Waals surface area (Å²) in [6.07, 6.45) is 0. The van der Waals surface area contributed by atoms with Crippen LogP contribution in [-0.2, 0) is 0 Å². The Morgan fingerprint density at radius 1 is 1.06 bits per heavy atom. The van der Waals surface area contributed by atoms with Gasteiger partial charge in [0.2, 0.25) is 0 Å². The van der Waals surface area contributed by atoms with Crippen molar-refractivity contribution in [1.82, 2.24) is 0 Å². The van der Waals surface area contributed by atoms with Crippen molar-refractivity contribution >= 4 is 17.4 Å². The van der Waals surface area contributed by atoms with Gasteiger partial charge in [-0.05, 0) is 50.2 Å². The molecule has 0 aliphatic rings. The average molecular weight is 243 g/mol. The summed E-state index contributed by atoms with van der Waals surface area (Å²) in [6, 6.07) is 10.1. The molecule has 2 aromatic rings. The van der Waals surface area contributed by atoms with E-state index in [-0.39, 0.29) is 17.5 Å². The lowest BCUT2D eigenvalue weighted by molar-refractivity contribution is 0.0993. The molecule has 1 aromatic heterocycles. The zero-order valence-electron chi connectivity index (χ0n) is 10.2. The largest absolute Gasteiger partial charge is 0.456 e. The maximum atomic E-state index is 11.8. The van der Waals surface area contributed by atoms with E-state index in [1.807, 2.05) is 0 Å². The third-order valence-corrected chi connectivity index (χ3v) is 2.51. The predicted molar refractivity (Wildman–Crippen MR) is 67.8 cm³/mol. The van der Waals surface area contributed by atoms with Crippen LogP contribution in [0.2, 0.25) is 0 Å². The van der Waals surface area contributed by atoms with Crippen LogP contribution in [-0.4, -0.2) is 11.7 Å². The monoisotopic (exact) mass is 243 g/mol. The molecule has 0 atom stereocenters. The Morgan fingerprint density at radius 2 is 1.72 bits per heavy atom. The number of carbonyl (C=O) groups is 2. The minimum absolute atomic E-state index is 0.00506. The van der Waals surface area contributed by atoms with Crippen molar-refractivity contribution in [2.24, 2.45) is 0 Å². The summed E-state index contributed by atoms with van der Waals surface area (Å²) >= 11 is 0. The van der Waals surface area contributed by atoms with Crippen molar-refractivity contribution in [2.75, 3.05) is 5.32 Å². The SMILES string of the molecule is CC(=O)c1ccc(NC(=O)c2ccc(C)o2)cc1. The second-order valence-corrected chi connectivity index (χ2v) is 4.00. The number of furan rings is 1. The molecule has 1 heterocycles. The fraction of sp³-hybridized carbons (Fsp3) is 0.143. The van der Waals surface area contributed by atoms with Crippen LogP contribution in [0.25, 0.3) is 0 Å². The molecule has 0 fully saturated rings. The van der Waals surface area contributed by atoms with E-state index in [0.717, 1.165) is 0 Å². The number of aryl methyl sites for hydroxylation is 1. The first-order valence-corrected chi connectivity index (χ1v) is 5.55. The van der Waals surface area contributed by atoms with E-state index >= 15 is 0 Å². The molecule has 0 saturated heterocycles. The van der Waals surface area contributed by atoms with E-state index in [0.29, 0.717) is 17.0 Å². The molecule has 1 aromatic carbocycles. The van der Waals surface area contributed by atoms with Crippen molar-refractivity contribution in [2.45, 2.75) is 13.8 Å². The van der Waals surface area contributed by atoms with Crippen LogP contribution in [0, 0.1) is 6.92 Å². The van der Waals surface area contributed by atoms with Crippen molar-refractivity contribution in [1.29, 1.82) is 0 Å². The molecule has 0 aliphatic carbocycles. The smallest absolute Gasteiger partial charge is 0.291 e. The van der Waals surface area contributed by atoms with Gasteiger partial charge in [-0.1, -0.05) is 0 Å². The zero-order valence-corrected chi connectivity index (χ0v) is 10.2. The highest BCUT2D eigenvalue weighted by atomic mass is 16.3. The average Bonchev–Trinajstić information content (AvgIpc) is 2.76. The van der Waals surface area contributed by atoms with Gasteiger partial charge in [-0.15, -0.1) is 0 Å². The van der Waals surface area contributed by atoms with E-state index < -0.39 is 0 Å². The Bertz CT molecular complexity index is 581. The molecule has 1 N–H and O–H groups in total. The molecule has 18 heavy (non-hydrogen) atoms. The van der Waals surface area contributed by atoms with Crippen LogP contribution >= 0.6 is 0 Å². The standard InChI is InChI=1S/C14H13NO3/c1-9-3-8-13(18-9)14(17)15-12-6-4-11(5-7-12)10(2)16/h3-8H,1-2H3,(H,15,17). The Kier molecular flexibility index (Phi) is 3.28. The van der Waals surface area contributed by atoms with Gasteiger partial charge in [0.05, 0.1) is 0 Å². The number of benzene rings is 1. The van der Waals surface area contributed by atoms with E-state index in [4.69, 9.17) is 4.42 Å².